The van der Waals surface area contributed by atoms with Crippen molar-refractivity contribution < 1.29 is 23.9 Å². The molecule has 8 heteroatoms. The van der Waals surface area contributed by atoms with E-state index < -0.39 is 6.09 Å². The number of benzene rings is 1. The highest BCUT2D eigenvalue weighted by atomic mass is 16.6. The number of carbonyl (C=O) groups is 3. The Morgan fingerprint density at radius 1 is 1.30 bits per heavy atom. The number of carbonyl (C=O) groups excluding carboxylic acids is 3. The minimum atomic E-state index is -0.627. The molecule has 2 heterocycles. The fourth-order valence-electron chi connectivity index (χ4n) is 2.73. The van der Waals surface area contributed by atoms with Crippen LogP contribution in [0.25, 0.3) is 0 Å². The maximum Gasteiger partial charge on any atom is 0.417 e. The second-order valence-electron chi connectivity index (χ2n) is 5.37. The Kier molecular flexibility index (Phi) is 4.05. The lowest BCUT2D eigenvalue weighted by Crippen LogP contribution is -2.42. The number of likely N-dealkylation sites (tertiary alicyclic amines) is 1. The fourth-order valence-corrected chi connectivity index (χ4v) is 2.73. The minimum absolute atomic E-state index is 0.215. The second kappa shape index (κ2) is 6.15. The van der Waals surface area contributed by atoms with Crippen LogP contribution >= 0.6 is 0 Å². The molecular formula is C15H17N3O5. The lowest BCUT2D eigenvalue weighted by atomic mass is 10.2. The Morgan fingerprint density at radius 2 is 2.04 bits per heavy atom. The van der Waals surface area contributed by atoms with E-state index in [1.165, 1.54) is 0 Å². The van der Waals surface area contributed by atoms with Crippen molar-refractivity contribution in [3.05, 3.63) is 24.3 Å². The number of imide groups is 1. The summed E-state index contributed by atoms with van der Waals surface area (Å²) in [6.07, 6.45) is -0.0749. The average molecular weight is 319 g/mol. The van der Waals surface area contributed by atoms with Gasteiger partial charge in [0.05, 0.1) is 13.2 Å². The lowest BCUT2D eigenvalue weighted by Gasteiger charge is -2.20. The molecule has 2 aliphatic heterocycles. The number of amides is 4. The number of urea groups is 1. The highest BCUT2D eigenvalue weighted by Crippen LogP contribution is 2.21. The predicted octanol–water partition coefficient (Wildman–Crippen LogP) is 1.28. The van der Waals surface area contributed by atoms with Gasteiger partial charge in [-0.15, -0.1) is 0 Å². The van der Waals surface area contributed by atoms with E-state index in [1.54, 1.807) is 36.3 Å². The van der Waals surface area contributed by atoms with Crippen molar-refractivity contribution in [1.82, 2.24) is 9.80 Å². The lowest BCUT2D eigenvalue weighted by molar-refractivity contribution is -0.127. The average Bonchev–Trinajstić information content (AvgIpc) is 3.15. The summed E-state index contributed by atoms with van der Waals surface area (Å²) < 4.78 is 9.77. The van der Waals surface area contributed by atoms with Crippen molar-refractivity contribution >= 4 is 23.7 Å². The third-order valence-corrected chi connectivity index (χ3v) is 3.94. The number of rotatable bonds is 3. The van der Waals surface area contributed by atoms with Gasteiger partial charge in [-0.25, -0.2) is 14.5 Å². The number of methoxy groups -OCH3 is 1. The molecule has 0 bridgehead atoms. The van der Waals surface area contributed by atoms with Crippen LogP contribution in [0.3, 0.4) is 0 Å². The van der Waals surface area contributed by atoms with Crippen LogP contribution in [0.5, 0.6) is 5.75 Å². The molecule has 1 unspecified atom stereocenters. The van der Waals surface area contributed by atoms with Gasteiger partial charge in [-0.1, -0.05) is 0 Å². The Labute approximate surface area is 132 Å². The molecule has 2 aliphatic rings. The number of anilines is 1. The first kappa shape index (κ1) is 15.1. The van der Waals surface area contributed by atoms with Crippen molar-refractivity contribution in [2.24, 2.45) is 0 Å². The second-order valence-corrected chi connectivity index (χ2v) is 5.37. The van der Waals surface area contributed by atoms with Crippen molar-refractivity contribution in [3.63, 3.8) is 0 Å². The maximum absolute atomic E-state index is 12.3. The number of cyclic esters (lactones) is 1. The van der Waals surface area contributed by atoms with E-state index in [2.05, 4.69) is 5.32 Å². The number of hydrogen-bond donors (Lipinski definition) is 1. The predicted molar refractivity (Wildman–Crippen MR) is 80.2 cm³/mol. The molecule has 1 N–H and O–H groups in total. The normalized spacial score (nSPS) is 20.7. The van der Waals surface area contributed by atoms with Gasteiger partial charge >= 0.3 is 12.1 Å². The number of hydrogen-bond acceptors (Lipinski definition) is 5. The van der Waals surface area contributed by atoms with E-state index in [0.29, 0.717) is 30.9 Å². The summed E-state index contributed by atoms with van der Waals surface area (Å²) in [6, 6.07) is 6.40. The quantitative estimate of drug-likeness (QED) is 0.906. The fraction of sp³-hybridized carbons (Fsp3) is 0.400. The van der Waals surface area contributed by atoms with E-state index in [-0.39, 0.29) is 24.6 Å². The molecule has 4 amide bonds. The van der Waals surface area contributed by atoms with Gasteiger partial charge in [0.1, 0.15) is 5.75 Å². The molecule has 1 aromatic carbocycles. The molecule has 23 heavy (non-hydrogen) atoms. The Balaban J connectivity index is 1.58. The summed E-state index contributed by atoms with van der Waals surface area (Å²) in [5, 5.41) is 2.78. The topological polar surface area (TPSA) is 88.2 Å². The smallest absolute Gasteiger partial charge is 0.417 e. The van der Waals surface area contributed by atoms with E-state index in [9.17, 15) is 14.4 Å². The van der Waals surface area contributed by atoms with Crippen LogP contribution in [-0.2, 0) is 9.53 Å². The molecule has 1 aromatic rings. The minimum Gasteiger partial charge on any atom is -0.497 e. The first-order valence-corrected chi connectivity index (χ1v) is 7.27. The zero-order chi connectivity index (χ0) is 16.4. The first-order valence-electron chi connectivity index (χ1n) is 7.27. The van der Waals surface area contributed by atoms with E-state index in [1.807, 2.05) is 0 Å². The van der Waals surface area contributed by atoms with Gasteiger partial charge in [0.2, 0.25) is 0 Å². The van der Waals surface area contributed by atoms with Crippen LogP contribution in [0.1, 0.15) is 6.42 Å². The highest BCUT2D eigenvalue weighted by Gasteiger charge is 2.41. The maximum atomic E-state index is 12.3. The Hall–Kier alpha value is -2.77. The van der Waals surface area contributed by atoms with Crippen molar-refractivity contribution in [1.29, 1.82) is 0 Å². The summed E-state index contributed by atoms with van der Waals surface area (Å²) in [7, 11) is 1.57. The number of ether oxygens (including phenoxy) is 2. The first-order chi connectivity index (χ1) is 11.1. The van der Waals surface area contributed by atoms with E-state index in [0.717, 1.165) is 4.90 Å². The molecule has 2 fully saturated rings. The number of nitrogens with zero attached hydrogens (tertiary/aromatic N) is 2. The molecule has 1 atom stereocenters. The van der Waals surface area contributed by atoms with Gasteiger partial charge in [-0.3, -0.25) is 4.79 Å². The van der Waals surface area contributed by atoms with Crippen molar-refractivity contribution in [3.8, 4) is 5.75 Å². The van der Waals surface area contributed by atoms with Gasteiger partial charge in [0, 0.05) is 18.8 Å². The summed E-state index contributed by atoms with van der Waals surface area (Å²) in [5.74, 6) is 0.354. The molecule has 2 saturated heterocycles. The summed E-state index contributed by atoms with van der Waals surface area (Å²) in [5.41, 5.74) is 0.649. The standard InChI is InChI=1S/C15H17N3O5/c1-22-12-4-2-10(3-5-12)16-14(20)17-7-6-11(8-17)18-13(19)9-23-15(18)21/h2-5,11H,6-9H2,1H3,(H,16,20). The van der Waals surface area contributed by atoms with Crippen molar-refractivity contribution in [2.45, 2.75) is 12.5 Å². The van der Waals surface area contributed by atoms with Crippen LogP contribution in [0.15, 0.2) is 24.3 Å². The monoisotopic (exact) mass is 319 g/mol. The molecular weight excluding hydrogens is 302 g/mol. The Morgan fingerprint density at radius 3 is 2.65 bits per heavy atom. The molecule has 122 valence electrons. The summed E-state index contributed by atoms with van der Waals surface area (Å²) >= 11 is 0. The van der Waals surface area contributed by atoms with Gasteiger partial charge in [-0.05, 0) is 30.7 Å². The molecule has 0 saturated carbocycles. The van der Waals surface area contributed by atoms with Crippen LogP contribution < -0.4 is 10.1 Å². The largest absolute Gasteiger partial charge is 0.497 e. The highest BCUT2D eigenvalue weighted by molar-refractivity contribution is 5.98. The molecule has 0 spiro atoms. The van der Waals surface area contributed by atoms with Gasteiger partial charge in [0.25, 0.3) is 5.91 Å². The SMILES string of the molecule is COc1ccc(NC(=O)N2CCC(N3C(=O)COC3=O)C2)cc1. The van der Waals surface area contributed by atoms with Crippen molar-refractivity contribution in [2.75, 3.05) is 32.1 Å². The van der Waals surface area contributed by atoms with E-state index in [4.69, 9.17) is 9.47 Å². The molecule has 3 rings (SSSR count). The summed E-state index contributed by atoms with van der Waals surface area (Å²) in [6.45, 7) is 0.569. The molecule has 8 nitrogen and oxygen atoms in total. The van der Waals surface area contributed by atoms with Crippen LogP contribution in [0, 0.1) is 0 Å². The van der Waals surface area contributed by atoms with E-state index >= 15 is 0 Å². The molecule has 0 radical (unpaired) electrons. The van der Waals surface area contributed by atoms with Gasteiger partial charge in [0.15, 0.2) is 6.61 Å². The van der Waals surface area contributed by atoms with Gasteiger partial charge in [-0.2, -0.15) is 0 Å². The van der Waals surface area contributed by atoms with Crippen LogP contribution in [-0.4, -0.2) is 60.7 Å². The zero-order valence-corrected chi connectivity index (χ0v) is 12.7. The Bertz CT molecular complexity index is 615. The summed E-state index contributed by atoms with van der Waals surface area (Å²) in [4.78, 5) is 38.1. The molecule has 0 aliphatic carbocycles. The van der Waals surface area contributed by atoms with Crippen LogP contribution in [0.2, 0.25) is 0 Å². The van der Waals surface area contributed by atoms with Gasteiger partial charge < -0.3 is 19.7 Å². The zero-order valence-electron chi connectivity index (χ0n) is 12.7. The molecule has 0 aromatic heterocycles. The third-order valence-electron chi connectivity index (χ3n) is 3.94. The number of nitrogens with one attached hydrogen (secondary N) is 1. The van der Waals surface area contributed by atoms with Crippen LogP contribution in [0.4, 0.5) is 15.3 Å². The third kappa shape index (κ3) is 3.05.